The molecule has 9 nitrogen and oxygen atoms in total. The van der Waals surface area contributed by atoms with Gasteiger partial charge in [0, 0.05) is 31.2 Å². The molecule has 0 spiro atoms. The minimum absolute atomic E-state index is 0.178. The molecule has 0 amide bonds. The molecule has 0 aliphatic carbocycles. The van der Waals surface area contributed by atoms with Gasteiger partial charge in [-0.05, 0) is 6.07 Å². The zero-order valence-electron chi connectivity index (χ0n) is 13.1. The Morgan fingerprint density at radius 1 is 1.15 bits per heavy atom. The van der Waals surface area contributed by atoms with E-state index < -0.39 is 40.7 Å². The second kappa shape index (κ2) is 6.24. The number of carbonyl (C=O) groups is 2. The first kappa shape index (κ1) is 17.0. The lowest BCUT2D eigenvalue weighted by Gasteiger charge is -2.07. The minimum atomic E-state index is -1.30. The second-order valence-corrected chi connectivity index (χ2v) is 5.08. The molecule has 3 rings (SSSR count). The topological polar surface area (TPSA) is 128 Å². The van der Waals surface area contributed by atoms with Crippen LogP contribution in [0.25, 0.3) is 11.0 Å². The van der Waals surface area contributed by atoms with E-state index in [1.165, 1.54) is 0 Å². The first-order chi connectivity index (χ1) is 12.3. The number of rotatable bonds is 3. The van der Waals surface area contributed by atoms with Gasteiger partial charge in [-0.1, -0.05) is 0 Å². The fraction of sp³-hybridized carbons (Fsp3) is 0.0625. The van der Waals surface area contributed by atoms with Gasteiger partial charge in [0.25, 0.3) is 0 Å². The molecule has 0 atom stereocenters. The normalized spacial score (nSPS) is 10.7. The third kappa shape index (κ3) is 3.07. The van der Waals surface area contributed by atoms with E-state index in [0.717, 1.165) is 37.3 Å². The predicted octanol–water partition coefficient (Wildman–Crippen LogP) is 1.34. The van der Waals surface area contributed by atoms with Gasteiger partial charge in [-0.15, -0.1) is 4.73 Å². The molecule has 0 saturated heterocycles. The van der Waals surface area contributed by atoms with Crippen molar-refractivity contribution in [2.45, 2.75) is 6.92 Å². The lowest BCUT2D eigenvalue weighted by molar-refractivity contribution is -0.131. The zero-order chi connectivity index (χ0) is 19.0. The SMILES string of the molecule is CC(=O)Oc1cc(F)c2cc(C(=O)On3c(O)ccc3O)c(=O)oc2c1. The van der Waals surface area contributed by atoms with Crippen LogP contribution in [0.15, 0.2) is 39.5 Å². The van der Waals surface area contributed by atoms with Crippen molar-refractivity contribution in [3.05, 3.63) is 52.1 Å². The number of benzene rings is 1. The number of aromatic nitrogens is 1. The zero-order valence-corrected chi connectivity index (χ0v) is 13.1. The van der Waals surface area contributed by atoms with Gasteiger partial charge in [-0.3, -0.25) is 4.79 Å². The van der Waals surface area contributed by atoms with Crippen LogP contribution >= 0.6 is 0 Å². The molecule has 0 saturated carbocycles. The van der Waals surface area contributed by atoms with E-state index >= 15 is 0 Å². The van der Waals surface area contributed by atoms with E-state index in [-0.39, 0.29) is 16.7 Å². The van der Waals surface area contributed by atoms with Crippen molar-refractivity contribution in [2.24, 2.45) is 0 Å². The van der Waals surface area contributed by atoms with Crippen LogP contribution < -0.4 is 15.2 Å². The Labute approximate surface area is 143 Å². The lowest BCUT2D eigenvalue weighted by Crippen LogP contribution is -2.24. The van der Waals surface area contributed by atoms with Crippen molar-refractivity contribution in [3.8, 4) is 17.5 Å². The highest BCUT2D eigenvalue weighted by Gasteiger charge is 2.21. The molecule has 0 unspecified atom stereocenters. The van der Waals surface area contributed by atoms with E-state index in [4.69, 9.17) is 9.15 Å². The Balaban J connectivity index is 2.03. The van der Waals surface area contributed by atoms with Crippen molar-refractivity contribution in [3.63, 3.8) is 0 Å². The van der Waals surface area contributed by atoms with Gasteiger partial charge < -0.3 is 24.2 Å². The standard InChI is InChI=1S/C16H10FNO8/c1-7(19)24-8-4-11(17)9-6-10(15(22)25-12(9)5-8)16(23)26-18-13(20)2-3-14(18)21/h2-6,20-21H,1H3. The summed E-state index contributed by atoms with van der Waals surface area (Å²) in [7, 11) is 0. The first-order valence-electron chi connectivity index (χ1n) is 7.04. The van der Waals surface area contributed by atoms with Gasteiger partial charge in [-0.2, -0.15) is 0 Å². The third-order valence-electron chi connectivity index (χ3n) is 3.23. The Kier molecular flexibility index (Phi) is 4.08. The van der Waals surface area contributed by atoms with Gasteiger partial charge in [0.15, 0.2) is 0 Å². The van der Waals surface area contributed by atoms with Crippen molar-refractivity contribution < 1.29 is 38.2 Å². The van der Waals surface area contributed by atoms with Crippen LogP contribution in [-0.2, 0) is 4.79 Å². The first-order valence-corrected chi connectivity index (χ1v) is 7.04. The van der Waals surface area contributed by atoms with Gasteiger partial charge in [0.2, 0.25) is 11.8 Å². The number of halogens is 1. The number of hydrogen-bond donors (Lipinski definition) is 2. The summed E-state index contributed by atoms with van der Waals surface area (Å²) in [5.41, 5.74) is -2.09. The van der Waals surface area contributed by atoms with Crippen LogP contribution in [0.4, 0.5) is 4.39 Å². The molecule has 0 aliphatic rings. The van der Waals surface area contributed by atoms with E-state index in [9.17, 15) is 29.0 Å². The second-order valence-electron chi connectivity index (χ2n) is 5.08. The molecule has 0 bridgehead atoms. The smallest absolute Gasteiger partial charge is 0.371 e. The summed E-state index contributed by atoms with van der Waals surface area (Å²) >= 11 is 0. The predicted molar refractivity (Wildman–Crippen MR) is 82.4 cm³/mol. The summed E-state index contributed by atoms with van der Waals surface area (Å²) in [6.45, 7) is 1.11. The van der Waals surface area contributed by atoms with E-state index in [0.29, 0.717) is 4.73 Å². The molecule has 2 heterocycles. The summed E-state index contributed by atoms with van der Waals surface area (Å²) < 4.78 is 24.2. The number of esters is 1. The van der Waals surface area contributed by atoms with Gasteiger partial charge in [0.1, 0.15) is 22.7 Å². The molecule has 26 heavy (non-hydrogen) atoms. The number of nitrogens with zero attached hydrogens (tertiary/aromatic N) is 1. The maximum atomic E-state index is 14.2. The molecule has 1 aromatic carbocycles. The van der Waals surface area contributed by atoms with Crippen LogP contribution in [0.5, 0.6) is 17.5 Å². The summed E-state index contributed by atoms with van der Waals surface area (Å²) in [6, 6.07) is 4.96. The van der Waals surface area contributed by atoms with E-state index in [1.54, 1.807) is 0 Å². The molecule has 134 valence electrons. The van der Waals surface area contributed by atoms with Crippen molar-refractivity contribution >= 4 is 22.9 Å². The molecular weight excluding hydrogens is 353 g/mol. The molecule has 2 N–H and O–H groups in total. The Bertz CT molecular complexity index is 1080. The summed E-state index contributed by atoms with van der Waals surface area (Å²) in [5.74, 6) is -4.29. The van der Waals surface area contributed by atoms with Crippen LogP contribution in [0.1, 0.15) is 17.3 Å². The van der Waals surface area contributed by atoms with Crippen molar-refractivity contribution in [1.29, 1.82) is 0 Å². The fourth-order valence-electron chi connectivity index (χ4n) is 2.15. The third-order valence-corrected chi connectivity index (χ3v) is 3.23. The number of fused-ring (bicyclic) bond motifs is 1. The van der Waals surface area contributed by atoms with Gasteiger partial charge in [-0.25, -0.2) is 14.0 Å². The molecule has 0 radical (unpaired) electrons. The highest BCUT2D eigenvalue weighted by molar-refractivity contribution is 5.93. The molecule has 0 fully saturated rings. The number of hydrogen-bond acceptors (Lipinski definition) is 8. The number of ether oxygens (including phenoxy) is 1. The highest BCUT2D eigenvalue weighted by Crippen LogP contribution is 2.25. The van der Waals surface area contributed by atoms with Crippen molar-refractivity contribution in [1.82, 2.24) is 4.73 Å². The average molecular weight is 363 g/mol. The molecule has 3 aromatic rings. The quantitative estimate of drug-likeness (QED) is 0.405. The van der Waals surface area contributed by atoms with Crippen LogP contribution in [0.2, 0.25) is 0 Å². The monoisotopic (exact) mass is 363 g/mol. The highest BCUT2D eigenvalue weighted by atomic mass is 19.1. The largest absolute Gasteiger partial charge is 0.492 e. The lowest BCUT2D eigenvalue weighted by atomic mass is 10.1. The van der Waals surface area contributed by atoms with E-state index in [1.807, 2.05) is 0 Å². The minimum Gasteiger partial charge on any atom is -0.492 e. The summed E-state index contributed by atoms with van der Waals surface area (Å²) in [4.78, 5) is 39.7. The molecule has 0 aliphatic heterocycles. The maximum absolute atomic E-state index is 14.2. The Morgan fingerprint density at radius 2 is 1.81 bits per heavy atom. The average Bonchev–Trinajstić information content (AvgIpc) is 2.85. The molecular formula is C16H10FNO8. The number of carbonyl (C=O) groups excluding carboxylic acids is 2. The van der Waals surface area contributed by atoms with Crippen molar-refractivity contribution in [2.75, 3.05) is 0 Å². The maximum Gasteiger partial charge on any atom is 0.371 e. The Hall–Kier alpha value is -3.82. The summed E-state index contributed by atoms with van der Waals surface area (Å²) in [6.07, 6.45) is 0. The van der Waals surface area contributed by atoms with Gasteiger partial charge in [0.05, 0.1) is 5.39 Å². The van der Waals surface area contributed by atoms with Crippen LogP contribution in [0, 0.1) is 5.82 Å². The number of aromatic hydroxyl groups is 2. The Morgan fingerprint density at radius 3 is 2.42 bits per heavy atom. The fourth-order valence-corrected chi connectivity index (χ4v) is 2.15. The molecule has 10 heteroatoms. The molecule has 2 aromatic heterocycles. The van der Waals surface area contributed by atoms with Gasteiger partial charge >= 0.3 is 17.6 Å². The van der Waals surface area contributed by atoms with E-state index in [2.05, 4.69) is 4.84 Å². The summed E-state index contributed by atoms with van der Waals surface area (Å²) in [5, 5.41) is 18.6. The van der Waals surface area contributed by atoms with Crippen LogP contribution in [0.3, 0.4) is 0 Å². The van der Waals surface area contributed by atoms with Crippen LogP contribution in [-0.4, -0.2) is 26.9 Å².